The number of carbonyl (C=O) groups is 2. The van der Waals surface area contributed by atoms with E-state index in [-0.39, 0.29) is 30.3 Å². The Labute approximate surface area is 156 Å². The molecular formula is C19H28ClN3O2. The molecule has 2 fully saturated rings. The summed E-state index contributed by atoms with van der Waals surface area (Å²) in [6.45, 7) is 5.56. The molecule has 1 aromatic carbocycles. The van der Waals surface area contributed by atoms with E-state index >= 15 is 0 Å². The standard InChI is InChI=1S/C19H27N3O2.ClH/c1-15-6-2-3-7-16(15)14-18(23)21-10-12-22(13-11-21)19(24)17-8-4-5-9-20-17;/h2-3,6-7,17,20H,4-5,8-14H2,1H3;1H. The number of hydrogen-bond acceptors (Lipinski definition) is 3. The Balaban J connectivity index is 0.00000225. The number of benzene rings is 1. The van der Waals surface area contributed by atoms with Gasteiger partial charge in [-0.25, -0.2) is 0 Å². The van der Waals surface area contributed by atoms with Gasteiger partial charge in [0.25, 0.3) is 0 Å². The topological polar surface area (TPSA) is 52.7 Å². The quantitative estimate of drug-likeness (QED) is 0.888. The number of hydrogen-bond donors (Lipinski definition) is 1. The predicted molar refractivity (Wildman–Crippen MR) is 101 cm³/mol. The van der Waals surface area contributed by atoms with Crippen molar-refractivity contribution in [1.29, 1.82) is 0 Å². The molecule has 0 bridgehead atoms. The highest BCUT2D eigenvalue weighted by Gasteiger charge is 2.29. The first-order chi connectivity index (χ1) is 11.6. The maximum absolute atomic E-state index is 12.5. The van der Waals surface area contributed by atoms with Crippen LogP contribution < -0.4 is 5.32 Å². The number of carbonyl (C=O) groups excluding carboxylic acids is 2. The molecule has 6 heteroatoms. The second-order valence-corrected chi connectivity index (χ2v) is 6.81. The lowest BCUT2D eigenvalue weighted by Crippen LogP contribution is -2.56. The van der Waals surface area contributed by atoms with E-state index in [9.17, 15) is 9.59 Å². The van der Waals surface area contributed by atoms with Gasteiger partial charge in [-0.3, -0.25) is 9.59 Å². The van der Waals surface area contributed by atoms with Crippen LogP contribution in [0.1, 0.15) is 30.4 Å². The Hall–Kier alpha value is -1.59. The molecule has 2 heterocycles. The van der Waals surface area contributed by atoms with Crippen molar-refractivity contribution in [2.24, 2.45) is 0 Å². The zero-order valence-electron chi connectivity index (χ0n) is 14.9. The second-order valence-electron chi connectivity index (χ2n) is 6.81. The Bertz CT molecular complexity index is 594. The van der Waals surface area contributed by atoms with Crippen LogP contribution in [0.15, 0.2) is 24.3 Å². The summed E-state index contributed by atoms with van der Waals surface area (Å²) in [4.78, 5) is 28.8. The van der Waals surface area contributed by atoms with Crippen LogP contribution in [-0.2, 0) is 16.0 Å². The molecule has 25 heavy (non-hydrogen) atoms. The van der Waals surface area contributed by atoms with Crippen molar-refractivity contribution in [1.82, 2.24) is 15.1 Å². The molecule has 1 atom stereocenters. The molecule has 0 saturated carbocycles. The monoisotopic (exact) mass is 365 g/mol. The summed E-state index contributed by atoms with van der Waals surface area (Å²) >= 11 is 0. The van der Waals surface area contributed by atoms with Crippen molar-refractivity contribution in [3.05, 3.63) is 35.4 Å². The number of piperidine rings is 1. The lowest BCUT2D eigenvalue weighted by molar-refractivity contribution is -0.140. The van der Waals surface area contributed by atoms with Crippen LogP contribution in [-0.4, -0.2) is 60.4 Å². The summed E-state index contributed by atoms with van der Waals surface area (Å²) in [5.41, 5.74) is 2.25. The zero-order valence-corrected chi connectivity index (χ0v) is 15.7. The van der Waals surface area contributed by atoms with E-state index < -0.39 is 0 Å². The summed E-state index contributed by atoms with van der Waals surface area (Å²) < 4.78 is 0. The van der Waals surface area contributed by atoms with Crippen molar-refractivity contribution in [2.75, 3.05) is 32.7 Å². The zero-order chi connectivity index (χ0) is 16.9. The number of nitrogens with zero attached hydrogens (tertiary/aromatic N) is 2. The highest BCUT2D eigenvalue weighted by atomic mass is 35.5. The summed E-state index contributed by atoms with van der Waals surface area (Å²) in [6.07, 6.45) is 3.67. The van der Waals surface area contributed by atoms with Gasteiger partial charge in [-0.05, 0) is 37.4 Å². The average Bonchev–Trinajstić information content (AvgIpc) is 2.64. The van der Waals surface area contributed by atoms with Gasteiger partial charge in [0, 0.05) is 26.2 Å². The summed E-state index contributed by atoms with van der Waals surface area (Å²) in [6, 6.07) is 8.00. The molecule has 0 aliphatic carbocycles. The lowest BCUT2D eigenvalue weighted by atomic mass is 10.0. The van der Waals surface area contributed by atoms with Crippen molar-refractivity contribution in [2.45, 2.75) is 38.6 Å². The number of rotatable bonds is 3. The van der Waals surface area contributed by atoms with Gasteiger partial charge >= 0.3 is 0 Å². The minimum absolute atomic E-state index is 0. The number of amides is 2. The average molecular weight is 366 g/mol. The summed E-state index contributed by atoms with van der Waals surface area (Å²) in [5, 5.41) is 3.32. The molecule has 1 unspecified atom stereocenters. The molecule has 1 N–H and O–H groups in total. The Morgan fingerprint density at radius 2 is 1.76 bits per heavy atom. The third-order valence-corrected chi connectivity index (χ3v) is 5.16. The molecule has 0 aromatic heterocycles. The van der Waals surface area contributed by atoms with Crippen molar-refractivity contribution >= 4 is 24.2 Å². The van der Waals surface area contributed by atoms with E-state index in [1.54, 1.807) is 0 Å². The number of halogens is 1. The second kappa shape index (κ2) is 9.20. The number of aryl methyl sites for hydroxylation is 1. The molecule has 2 aliphatic rings. The highest BCUT2D eigenvalue weighted by molar-refractivity contribution is 5.85. The highest BCUT2D eigenvalue weighted by Crippen LogP contribution is 2.14. The fourth-order valence-corrected chi connectivity index (χ4v) is 3.54. The van der Waals surface area contributed by atoms with Crippen LogP contribution in [0.2, 0.25) is 0 Å². The van der Waals surface area contributed by atoms with Gasteiger partial charge in [0.1, 0.15) is 0 Å². The Morgan fingerprint density at radius 1 is 1.08 bits per heavy atom. The lowest BCUT2D eigenvalue weighted by Gasteiger charge is -2.37. The summed E-state index contributed by atoms with van der Waals surface area (Å²) in [5.74, 6) is 0.368. The van der Waals surface area contributed by atoms with Crippen molar-refractivity contribution in [3.63, 3.8) is 0 Å². The first-order valence-corrected chi connectivity index (χ1v) is 8.99. The maximum atomic E-state index is 12.5. The van der Waals surface area contributed by atoms with Gasteiger partial charge in [0.05, 0.1) is 12.5 Å². The maximum Gasteiger partial charge on any atom is 0.239 e. The van der Waals surface area contributed by atoms with Crippen LogP contribution in [0.4, 0.5) is 0 Å². The van der Waals surface area contributed by atoms with Crippen molar-refractivity contribution in [3.8, 4) is 0 Å². The molecule has 0 radical (unpaired) electrons. The van der Waals surface area contributed by atoms with Crippen LogP contribution in [0.3, 0.4) is 0 Å². The molecule has 2 amide bonds. The van der Waals surface area contributed by atoms with Gasteiger partial charge in [-0.1, -0.05) is 30.7 Å². The first-order valence-electron chi connectivity index (χ1n) is 8.99. The number of nitrogens with one attached hydrogen (secondary N) is 1. The first kappa shape index (κ1) is 19.7. The normalized spacial score (nSPS) is 20.8. The largest absolute Gasteiger partial charge is 0.339 e. The van der Waals surface area contributed by atoms with Gasteiger partial charge in [-0.2, -0.15) is 0 Å². The van der Waals surface area contributed by atoms with E-state index in [1.165, 1.54) is 0 Å². The van der Waals surface area contributed by atoms with Crippen LogP contribution in [0.25, 0.3) is 0 Å². The minimum Gasteiger partial charge on any atom is -0.339 e. The van der Waals surface area contributed by atoms with Gasteiger partial charge in [-0.15, -0.1) is 12.4 Å². The van der Waals surface area contributed by atoms with E-state index in [1.807, 2.05) is 41.0 Å². The van der Waals surface area contributed by atoms with E-state index in [4.69, 9.17) is 0 Å². The Kier molecular flexibility index (Phi) is 7.26. The van der Waals surface area contributed by atoms with E-state index in [0.717, 1.165) is 36.9 Å². The summed E-state index contributed by atoms with van der Waals surface area (Å²) in [7, 11) is 0. The molecule has 2 saturated heterocycles. The fourth-order valence-electron chi connectivity index (χ4n) is 3.54. The predicted octanol–water partition coefficient (Wildman–Crippen LogP) is 1.77. The van der Waals surface area contributed by atoms with Gasteiger partial charge in [0.2, 0.25) is 11.8 Å². The van der Waals surface area contributed by atoms with Crippen LogP contribution >= 0.6 is 12.4 Å². The van der Waals surface area contributed by atoms with E-state index in [0.29, 0.717) is 32.6 Å². The molecule has 5 nitrogen and oxygen atoms in total. The van der Waals surface area contributed by atoms with Gasteiger partial charge in [0.15, 0.2) is 0 Å². The third kappa shape index (κ3) is 4.95. The smallest absolute Gasteiger partial charge is 0.239 e. The fraction of sp³-hybridized carbons (Fsp3) is 0.579. The number of piperazine rings is 1. The van der Waals surface area contributed by atoms with Crippen molar-refractivity contribution < 1.29 is 9.59 Å². The third-order valence-electron chi connectivity index (χ3n) is 5.16. The molecule has 0 spiro atoms. The molecule has 3 rings (SSSR count). The minimum atomic E-state index is -0.0204. The molecule has 2 aliphatic heterocycles. The molecule has 138 valence electrons. The van der Waals surface area contributed by atoms with E-state index in [2.05, 4.69) is 5.32 Å². The Morgan fingerprint density at radius 3 is 2.40 bits per heavy atom. The molecular weight excluding hydrogens is 338 g/mol. The SMILES string of the molecule is Cc1ccccc1CC(=O)N1CCN(C(=O)C2CCCCN2)CC1.Cl. The van der Waals surface area contributed by atoms with Crippen LogP contribution in [0, 0.1) is 6.92 Å². The van der Waals surface area contributed by atoms with Crippen LogP contribution in [0.5, 0.6) is 0 Å². The molecule has 1 aromatic rings. The van der Waals surface area contributed by atoms with Gasteiger partial charge < -0.3 is 15.1 Å².